The number of anilines is 1. The smallest absolute Gasteiger partial charge is 0.0758 e. The summed E-state index contributed by atoms with van der Waals surface area (Å²) in [5.74, 6) is 0. The highest BCUT2D eigenvalue weighted by Crippen LogP contribution is 2.35. The number of hydrogen-bond donors (Lipinski definition) is 1. The predicted molar refractivity (Wildman–Crippen MR) is 86.6 cm³/mol. The van der Waals surface area contributed by atoms with E-state index in [0.717, 1.165) is 19.4 Å². The topological polar surface area (TPSA) is 24.9 Å². The first kappa shape index (κ1) is 13.4. The SMILES string of the molecule is CCCNc1c2c(nc3c(C)c(C)ccc13)CCCC2. The summed E-state index contributed by atoms with van der Waals surface area (Å²) < 4.78 is 0. The van der Waals surface area contributed by atoms with Gasteiger partial charge in [0, 0.05) is 23.3 Å². The largest absolute Gasteiger partial charge is 0.384 e. The maximum atomic E-state index is 5.00. The summed E-state index contributed by atoms with van der Waals surface area (Å²) in [7, 11) is 0. The van der Waals surface area contributed by atoms with E-state index in [1.807, 2.05) is 0 Å². The molecule has 0 spiro atoms. The van der Waals surface area contributed by atoms with Crippen LogP contribution in [-0.4, -0.2) is 11.5 Å². The first-order chi connectivity index (χ1) is 9.72. The zero-order valence-corrected chi connectivity index (χ0v) is 12.8. The molecule has 0 radical (unpaired) electrons. The lowest BCUT2D eigenvalue weighted by Gasteiger charge is -2.22. The molecule has 0 saturated heterocycles. The molecule has 3 rings (SSSR count). The van der Waals surface area contributed by atoms with E-state index >= 15 is 0 Å². The van der Waals surface area contributed by atoms with Crippen LogP contribution in [-0.2, 0) is 12.8 Å². The van der Waals surface area contributed by atoms with Gasteiger partial charge in [-0.1, -0.05) is 19.1 Å². The first-order valence-corrected chi connectivity index (χ1v) is 7.88. The molecule has 0 saturated carbocycles. The minimum absolute atomic E-state index is 1.04. The summed E-state index contributed by atoms with van der Waals surface area (Å²) in [6.45, 7) is 7.63. The van der Waals surface area contributed by atoms with Gasteiger partial charge in [-0.2, -0.15) is 0 Å². The molecular weight excluding hydrogens is 244 g/mol. The third-order valence-electron chi connectivity index (χ3n) is 4.51. The summed E-state index contributed by atoms with van der Waals surface area (Å²) in [6, 6.07) is 4.48. The number of nitrogens with zero attached hydrogens (tertiary/aromatic N) is 1. The Bertz CT molecular complexity index is 644. The normalized spacial score (nSPS) is 14.3. The van der Waals surface area contributed by atoms with Gasteiger partial charge < -0.3 is 5.32 Å². The second kappa shape index (κ2) is 5.43. The van der Waals surface area contributed by atoms with Crippen molar-refractivity contribution < 1.29 is 0 Å². The molecule has 0 fully saturated rings. The molecule has 0 amide bonds. The number of rotatable bonds is 3. The Hall–Kier alpha value is -1.57. The van der Waals surface area contributed by atoms with Crippen molar-refractivity contribution in [3.8, 4) is 0 Å². The number of pyridine rings is 1. The van der Waals surface area contributed by atoms with Crippen LogP contribution in [0.1, 0.15) is 48.6 Å². The van der Waals surface area contributed by atoms with Crippen molar-refractivity contribution in [2.45, 2.75) is 52.9 Å². The van der Waals surface area contributed by atoms with Crippen LogP contribution < -0.4 is 5.32 Å². The monoisotopic (exact) mass is 268 g/mol. The molecule has 1 aromatic carbocycles. The summed E-state index contributed by atoms with van der Waals surface area (Å²) in [4.78, 5) is 5.00. The fourth-order valence-electron chi connectivity index (χ4n) is 3.18. The molecule has 20 heavy (non-hydrogen) atoms. The van der Waals surface area contributed by atoms with Crippen LogP contribution in [0.3, 0.4) is 0 Å². The van der Waals surface area contributed by atoms with E-state index in [-0.39, 0.29) is 0 Å². The van der Waals surface area contributed by atoms with Crippen LogP contribution in [0, 0.1) is 13.8 Å². The minimum atomic E-state index is 1.04. The second-order valence-electron chi connectivity index (χ2n) is 5.95. The Morgan fingerprint density at radius 1 is 1.15 bits per heavy atom. The van der Waals surface area contributed by atoms with Crippen molar-refractivity contribution in [1.82, 2.24) is 4.98 Å². The van der Waals surface area contributed by atoms with Crippen molar-refractivity contribution in [1.29, 1.82) is 0 Å². The summed E-state index contributed by atoms with van der Waals surface area (Å²) >= 11 is 0. The van der Waals surface area contributed by atoms with Crippen molar-refractivity contribution in [3.05, 3.63) is 34.5 Å². The van der Waals surface area contributed by atoms with Crippen LogP contribution >= 0.6 is 0 Å². The Kier molecular flexibility index (Phi) is 3.64. The number of aromatic nitrogens is 1. The van der Waals surface area contributed by atoms with Crippen LogP contribution in [0.5, 0.6) is 0 Å². The molecule has 2 nitrogen and oxygen atoms in total. The first-order valence-electron chi connectivity index (χ1n) is 7.88. The van der Waals surface area contributed by atoms with Crippen molar-refractivity contribution in [3.63, 3.8) is 0 Å². The van der Waals surface area contributed by atoms with Gasteiger partial charge >= 0.3 is 0 Å². The average Bonchev–Trinajstić information content (AvgIpc) is 2.48. The third-order valence-corrected chi connectivity index (χ3v) is 4.51. The molecule has 0 unspecified atom stereocenters. The van der Waals surface area contributed by atoms with E-state index in [1.54, 1.807) is 0 Å². The lowest BCUT2D eigenvalue weighted by molar-refractivity contribution is 0.671. The number of fused-ring (bicyclic) bond motifs is 2. The molecule has 1 aromatic heterocycles. The molecule has 1 N–H and O–H groups in total. The molecule has 2 aromatic rings. The zero-order valence-electron chi connectivity index (χ0n) is 12.8. The highest BCUT2D eigenvalue weighted by molar-refractivity contribution is 5.95. The van der Waals surface area contributed by atoms with E-state index in [1.165, 1.54) is 58.2 Å². The fourth-order valence-corrected chi connectivity index (χ4v) is 3.18. The van der Waals surface area contributed by atoms with Crippen LogP contribution in [0.25, 0.3) is 10.9 Å². The van der Waals surface area contributed by atoms with E-state index in [9.17, 15) is 0 Å². The Morgan fingerprint density at radius 2 is 1.95 bits per heavy atom. The van der Waals surface area contributed by atoms with Crippen LogP contribution in [0.4, 0.5) is 5.69 Å². The quantitative estimate of drug-likeness (QED) is 0.883. The van der Waals surface area contributed by atoms with Crippen LogP contribution in [0.2, 0.25) is 0 Å². The molecule has 1 aliphatic rings. The highest BCUT2D eigenvalue weighted by atomic mass is 14.9. The van der Waals surface area contributed by atoms with Crippen molar-refractivity contribution in [2.75, 3.05) is 11.9 Å². The molecule has 0 bridgehead atoms. The number of aryl methyl sites for hydroxylation is 3. The van der Waals surface area contributed by atoms with E-state index in [0.29, 0.717) is 0 Å². The molecular formula is C18H24N2. The van der Waals surface area contributed by atoms with Gasteiger partial charge in [0.25, 0.3) is 0 Å². The van der Waals surface area contributed by atoms with Gasteiger partial charge in [0.05, 0.1) is 5.52 Å². The van der Waals surface area contributed by atoms with E-state index < -0.39 is 0 Å². The summed E-state index contributed by atoms with van der Waals surface area (Å²) in [5.41, 5.74) is 8.02. The predicted octanol–water partition coefficient (Wildman–Crippen LogP) is 4.55. The minimum Gasteiger partial charge on any atom is -0.384 e. The van der Waals surface area contributed by atoms with Gasteiger partial charge in [-0.3, -0.25) is 4.98 Å². The average molecular weight is 268 g/mol. The van der Waals surface area contributed by atoms with Gasteiger partial charge in [0.15, 0.2) is 0 Å². The van der Waals surface area contributed by atoms with Gasteiger partial charge in [-0.05, 0) is 62.6 Å². The van der Waals surface area contributed by atoms with Gasteiger partial charge in [0.1, 0.15) is 0 Å². The molecule has 0 atom stereocenters. The van der Waals surface area contributed by atoms with Gasteiger partial charge in [-0.15, -0.1) is 0 Å². The lowest BCUT2D eigenvalue weighted by Crippen LogP contribution is -2.12. The molecule has 2 heteroatoms. The van der Waals surface area contributed by atoms with E-state index in [4.69, 9.17) is 4.98 Å². The van der Waals surface area contributed by atoms with Crippen molar-refractivity contribution in [2.24, 2.45) is 0 Å². The number of hydrogen-bond acceptors (Lipinski definition) is 2. The Balaban J connectivity index is 2.27. The summed E-state index contributed by atoms with van der Waals surface area (Å²) in [6.07, 6.45) is 6.05. The maximum absolute atomic E-state index is 5.00. The Labute approximate surface area is 121 Å². The molecule has 1 heterocycles. The molecule has 1 aliphatic carbocycles. The summed E-state index contributed by atoms with van der Waals surface area (Å²) in [5, 5.41) is 4.98. The van der Waals surface area contributed by atoms with E-state index in [2.05, 4.69) is 38.2 Å². The standard InChI is InChI=1S/C18H24N2/c1-4-11-19-18-14-7-5-6-8-16(14)20-17-13(3)12(2)9-10-15(17)18/h9-10H,4-8,11H2,1-3H3,(H,19,20). The fraction of sp³-hybridized carbons (Fsp3) is 0.500. The van der Waals surface area contributed by atoms with Gasteiger partial charge in [-0.25, -0.2) is 0 Å². The third kappa shape index (κ3) is 2.17. The number of benzene rings is 1. The van der Waals surface area contributed by atoms with Gasteiger partial charge in [0.2, 0.25) is 0 Å². The second-order valence-corrected chi connectivity index (χ2v) is 5.95. The lowest BCUT2D eigenvalue weighted by atomic mass is 9.91. The Morgan fingerprint density at radius 3 is 2.75 bits per heavy atom. The maximum Gasteiger partial charge on any atom is 0.0758 e. The van der Waals surface area contributed by atoms with Crippen molar-refractivity contribution >= 4 is 16.6 Å². The van der Waals surface area contributed by atoms with Crippen LogP contribution in [0.15, 0.2) is 12.1 Å². The zero-order chi connectivity index (χ0) is 14.1. The molecule has 106 valence electrons. The highest BCUT2D eigenvalue weighted by Gasteiger charge is 2.18. The number of nitrogens with one attached hydrogen (secondary N) is 1. The molecule has 0 aliphatic heterocycles.